The van der Waals surface area contributed by atoms with Gasteiger partial charge in [-0.3, -0.25) is 4.99 Å². The predicted molar refractivity (Wildman–Crippen MR) is 116 cm³/mol. The van der Waals surface area contributed by atoms with Crippen molar-refractivity contribution in [3.05, 3.63) is 16.1 Å². The molecule has 144 valence electrons. The van der Waals surface area contributed by atoms with Gasteiger partial charge in [0, 0.05) is 37.7 Å². The Kier molecular flexibility index (Phi) is 9.61. The summed E-state index contributed by atoms with van der Waals surface area (Å²) in [4.78, 5) is 11.3. The average Bonchev–Trinajstić information content (AvgIpc) is 3.05. The van der Waals surface area contributed by atoms with Crippen molar-refractivity contribution < 1.29 is 4.74 Å². The molecule has 0 bridgehead atoms. The number of halogens is 1. The molecule has 0 aromatic carbocycles. The van der Waals surface area contributed by atoms with E-state index in [1.54, 1.807) is 11.3 Å². The second-order valence-corrected chi connectivity index (χ2v) is 7.77. The van der Waals surface area contributed by atoms with Gasteiger partial charge in [-0.05, 0) is 32.9 Å². The molecule has 1 saturated heterocycles. The molecule has 25 heavy (non-hydrogen) atoms. The van der Waals surface area contributed by atoms with Gasteiger partial charge in [0.2, 0.25) is 0 Å². The molecule has 2 N–H and O–H groups in total. The van der Waals surface area contributed by atoms with Crippen LogP contribution in [-0.4, -0.2) is 62.3 Å². The average molecular weight is 481 g/mol. The maximum atomic E-state index is 5.53. The van der Waals surface area contributed by atoms with Crippen LogP contribution in [0.4, 0.5) is 0 Å². The number of thiazole rings is 1. The molecule has 0 amide bonds. The third-order valence-electron chi connectivity index (χ3n) is 4.75. The Labute approximate surface area is 172 Å². The predicted octanol–water partition coefficient (Wildman–Crippen LogP) is 2.66. The molecule has 0 saturated carbocycles. The number of ether oxygens (including phenoxy) is 1. The molecule has 0 unspecified atom stereocenters. The Bertz CT molecular complexity index is 541. The molecule has 1 aliphatic rings. The molecule has 2 heterocycles. The normalized spacial score (nSPS) is 17.5. The third-order valence-corrected chi connectivity index (χ3v) is 5.62. The van der Waals surface area contributed by atoms with Crippen molar-refractivity contribution in [1.82, 2.24) is 20.5 Å². The lowest BCUT2D eigenvalue weighted by atomic mass is 9.88. The van der Waals surface area contributed by atoms with Crippen LogP contribution in [0, 0.1) is 0 Å². The largest absolute Gasteiger partial charge is 0.381 e. The van der Waals surface area contributed by atoms with Crippen LogP contribution < -0.4 is 10.6 Å². The van der Waals surface area contributed by atoms with Crippen molar-refractivity contribution in [2.75, 3.05) is 40.9 Å². The molecule has 0 radical (unpaired) electrons. The van der Waals surface area contributed by atoms with Crippen molar-refractivity contribution in [3.63, 3.8) is 0 Å². The molecule has 2 rings (SSSR count). The second kappa shape index (κ2) is 10.6. The Morgan fingerprint density at radius 2 is 2.04 bits per heavy atom. The fourth-order valence-corrected chi connectivity index (χ4v) is 3.73. The Morgan fingerprint density at radius 3 is 2.56 bits per heavy atom. The molecular formula is C17H32IN5OS. The molecule has 1 aliphatic heterocycles. The molecule has 1 aromatic heterocycles. The fourth-order valence-electron chi connectivity index (χ4n) is 2.83. The summed E-state index contributed by atoms with van der Waals surface area (Å²) in [7, 11) is 6.10. The van der Waals surface area contributed by atoms with E-state index in [-0.39, 0.29) is 29.5 Å². The highest BCUT2D eigenvalue weighted by atomic mass is 127. The van der Waals surface area contributed by atoms with E-state index in [0.717, 1.165) is 49.3 Å². The molecule has 0 aliphatic carbocycles. The van der Waals surface area contributed by atoms with Crippen LogP contribution in [0.15, 0.2) is 10.4 Å². The Morgan fingerprint density at radius 1 is 1.36 bits per heavy atom. The fraction of sp³-hybridized carbons (Fsp3) is 0.765. The second-order valence-electron chi connectivity index (χ2n) is 6.83. The van der Waals surface area contributed by atoms with E-state index in [4.69, 9.17) is 4.74 Å². The number of aromatic nitrogens is 1. The zero-order valence-electron chi connectivity index (χ0n) is 16.0. The standard InChI is InChI=1S/C17H31N5OS.HI/c1-13(2)14-11-24-15(21-14)10-19-16(18-3)20-12-17(22(4)5)6-8-23-9-7-17;/h11,13H,6-10,12H2,1-5H3,(H2,18,19,20);1H. The van der Waals surface area contributed by atoms with Crippen molar-refractivity contribution >= 4 is 41.3 Å². The highest BCUT2D eigenvalue weighted by molar-refractivity contribution is 14.0. The molecule has 6 nitrogen and oxygen atoms in total. The molecule has 1 aromatic rings. The summed E-state index contributed by atoms with van der Waals surface area (Å²) >= 11 is 1.70. The number of hydrogen-bond donors (Lipinski definition) is 2. The van der Waals surface area contributed by atoms with Crippen molar-refractivity contribution in [3.8, 4) is 0 Å². The molecule has 0 spiro atoms. The van der Waals surface area contributed by atoms with E-state index >= 15 is 0 Å². The quantitative estimate of drug-likeness (QED) is 0.372. The monoisotopic (exact) mass is 481 g/mol. The summed E-state index contributed by atoms with van der Waals surface area (Å²) in [6, 6.07) is 0. The summed E-state index contributed by atoms with van der Waals surface area (Å²) in [5.74, 6) is 1.30. The van der Waals surface area contributed by atoms with Crippen LogP contribution in [0.3, 0.4) is 0 Å². The minimum absolute atomic E-state index is 0. The zero-order valence-corrected chi connectivity index (χ0v) is 19.1. The summed E-state index contributed by atoms with van der Waals surface area (Å²) < 4.78 is 5.53. The first-order valence-electron chi connectivity index (χ1n) is 8.61. The number of nitrogens with zero attached hydrogens (tertiary/aromatic N) is 3. The van der Waals surface area contributed by atoms with E-state index in [0.29, 0.717) is 12.5 Å². The Balaban J connectivity index is 0.00000312. The summed E-state index contributed by atoms with van der Waals surface area (Å²) in [6.45, 7) is 7.54. The molecular weight excluding hydrogens is 449 g/mol. The number of guanidine groups is 1. The number of hydrogen-bond acceptors (Lipinski definition) is 5. The van der Waals surface area contributed by atoms with Crippen LogP contribution in [0.2, 0.25) is 0 Å². The number of nitrogens with one attached hydrogen (secondary N) is 2. The number of aliphatic imine (C=N–C) groups is 1. The maximum absolute atomic E-state index is 5.53. The van der Waals surface area contributed by atoms with E-state index in [1.807, 2.05) is 7.05 Å². The van der Waals surface area contributed by atoms with Crippen LogP contribution in [0.1, 0.15) is 43.3 Å². The van der Waals surface area contributed by atoms with Gasteiger partial charge in [-0.1, -0.05) is 13.8 Å². The van der Waals surface area contributed by atoms with E-state index < -0.39 is 0 Å². The van der Waals surface area contributed by atoms with Crippen LogP contribution >= 0.6 is 35.3 Å². The lowest BCUT2D eigenvalue weighted by molar-refractivity contribution is -0.00501. The first kappa shape index (κ1) is 22.6. The van der Waals surface area contributed by atoms with Gasteiger partial charge in [-0.15, -0.1) is 35.3 Å². The van der Waals surface area contributed by atoms with Gasteiger partial charge in [0.05, 0.1) is 12.2 Å². The number of rotatable bonds is 6. The van der Waals surface area contributed by atoms with Gasteiger partial charge in [0.25, 0.3) is 0 Å². The van der Waals surface area contributed by atoms with E-state index in [9.17, 15) is 0 Å². The van der Waals surface area contributed by atoms with Crippen molar-refractivity contribution in [2.24, 2.45) is 4.99 Å². The van der Waals surface area contributed by atoms with Gasteiger partial charge in [-0.2, -0.15) is 0 Å². The smallest absolute Gasteiger partial charge is 0.191 e. The van der Waals surface area contributed by atoms with Gasteiger partial charge >= 0.3 is 0 Å². The first-order chi connectivity index (χ1) is 11.5. The van der Waals surface area contributed by atoms with E-state index in [1.165, 1.54) is 0 Å². The third kappa shape index (κ3) is 6.33. The lowest BCUT2D eigenvalue weighted by Crippen LogP contribution is -2.57. The summed E-state index contributed by atoms with van der Waals surface area (Å²) in [5.41, 5.74) is 1.29. The van der Waals surface area contributed by atoms with Gasteiger partial charge in [0.1, 0.15) is 5.01 Å². The summed E-state index contributed by atoms with van der Waals surface area (Å²) in [6.07, 6.45) is 2.07. The van der Waals surface area contributed by atoms with Crippen LogP contribution in [0.25, 0.3) is 0 Å². The van der Waals surface area contributed by atoms with E-state index in [2.05, 4.69) is 58.8 Å². The van der Waals surface area contributed by atoms with Crippen LogP contribution in [0.5, 0.6) is 0 Å². The van der Waals surface area contributed by atoms with Crippen molar-refractivity contribution in [2.45, 2.75) is 44.7 Å². The molecule has 0 atom stereocenters. The van der Waals surface area contributed by atoms with Gasteiger partial charge in [0.15, 0.2) is 5.96 Å². The highest BCUT2D eigenvalue weighted by Gasteiger charge is 2.34. The van der Waals surface area contributed by atoms with Gasteiger partial charge in [-0.25, -0.2) is 4.98 Å². The zero-order chi connectivity index (χ0) is 17.6. The van der Waals surface area contributed by atoms with Crippen LogP contribution in [-0.2, 0) is 11.3 Å². The topological polar surface area (TPSA) is 61.8 Å². The number of likely N-dealkylation sites (N-methyl/N-ethyl adjacent to an activating group) is 1. The maximum Gasteiger partial charge on any atom is 0.191 e. The summed E-state index contributed by atoms with van der Waals surface area (Å²) in [5, 5.41) is 10.1. The molecule has 8 heteroatoms. The SMILES string of the molecule is CN=C(NCc1nc(C(C)C)cs1)NCC1(N(C)C)CCOCC1.I. The molecule has 1 fully saturated rings. The lowest BCUT2D eigenvalue weighted by Gasteiger charge is -2.43. The Hall–Kier alpha value is -0.450. The first-order valence-corrected chi connectivity index (χ1v) is 9.49. The van der Waals surface area contributed by atoms with Crippen molar-refractivity contribution in [1.29, 1.82) is 0 Å². The highest BCUT2D eigenvalue weighted by Crippen LogP contribution is 2.25. The van der Waals surface area contributed by atoms with Gasteiger partial charge < -0.3 is 20.3 Å². The minimum Gasteiger partial charge on any atom is -0.381 e. The minimum atomic E-state index is 0.